The third kappa shape index (κ3) is 5.85. The zero-order chi connectivity index (χ0) is 12.5. The zero-order valence-electron chi connectivity index (χ0n) is 11.2. The van der Waals surface area contributed by atoms with Gasteiger partial charge in [-0.25, -0.2) is 0 Å². The lowest BCUT2D eigenvalue weighted by Gasteiger charge is -2.13. The van der Waals surface area contributed by atoms with Gasteiger partial charge in [0.15, 0.2) is 0 Å². The maximum Gasteiger partial charge on any atom is 0.0295 e. The van der Waals surface area contributed by atoms with Crippen molar-refractivity contribution in [3.63, 3.8) is 0 Å². The molecule has 1 aromatic carbocycles. The van der Waals surface area contributed by atoms with Gasteiger partial charge in [-0.3, -0.25) is 0 Å². The van der Waals surface area contributed by atoms with Gasteiger partial charge < -0.3 is 11.1 Å². The van der Waals surface area contributed by atoms with Gasteiger partial charge in [0.2, 0.25) is 0 Å². The fraction of sp³-hybridized carbons (Fsp3) is 0.600. The van der Waals surface area contributed by atoms with Gasteiger partial charge in [0, 0.05) is 6.04 Å². The number of hydrogen-bond acceptors (Lipinski definition) is 2. The molecule has 0 amide bonds. The quantitative estimate of drug-likeness (QED) is 0.678. The van der Waals surface area contributed by atoms with Crippen molar-refractivity contribution in [3.05, 3.63) is 35.9 Å². The Bertz CT molecular complexity index is 284. The molecule has 0 aliphatic carbocycles. The minimum absolute atomic E-state index is 0.182. The predicted molar refractivity (Wildman–Crippen MR) is 74.9 cm³/mol. The van der Waals surface area contributed by atoms with E-state index in [1.165, 1.54) is 12.0 Å². The third-order valence-corrected chi connectivity index (χ3v) is 3.29. The fourth-order valence-electron chi connectivity index (χ4n) is 1.81. The van der Waals surface area contributed by atoms with E-state index in [2.05, 4.69) is 43.4 Å². The van der Waals surface area contributed by atoms with E-state index in [4.69, 9.17) is 5.73 Å². The highest BCUT2D eigenvalue weighted by atomic mass is 14.8. The van der Waals surface area contributed by atoms with E-state index in [0.717, 1.165) is 31.8 Å². The van der Waals surface area contributed by atoms with E-state index in [9.17, 15) is 0 Å². The second-order valence-corrected chi connectivity index (χ2v) is 4.88. The molecule has 0 heterocycles. The van der Waals surface area contributed by atoms with Crippen LogP contribution >= 0.6 is 0 Å². The lowest BCUT2D eigenvalue weighted by atomic mass is 10.0. The van der Waals surface area contributed by atoms with Gasteiger partial charge >= 0.3 is 0 Å². The summed E-state index contributed by atoms with van der Waals surface area (Å²) in [5.74, 6) is 0.776. The molecule has 2 atom stereocenters. The summed E-state index contributed by atoms with van der Waals surface area (Å²) in [5, 5.41) is 3.49. The summed E-state index contributed by atoms with van der Waals surface area (Å²) in [7, 11) is 0. The van der Waals surface area contributed by atoms with Crippen molar-refractivity contribution in [2.75, 3.05) is 13.1 Å². The summed E-state index contributed by atoms with van der Waals surface area (Å²) >= 11 is 0. The molecule has 0 radical (unpaired) electrons. The fourth-order valence-corrected chi connectivity index (χ4v) is 1.81. The summed E-state index contributed by atoms with van der Waals surface area (Å²) in [6.45, 7) is 6.71. The van der Waals surface area contributed by atoms with Crippen molar-refractivity contribution in [1.29, 1.82) is 0 Å². The van der Waals surface area contributed by atoms with E-state index in [1.807, 2.05) is 6.07 Å². The Labute approximate surface area is 106 Å². The lowest BCUT2D eigenvalue weighted by molar-refractivity contribution is 0.483. The molecule has 2 unspecified atom stereocenters. The molecule has 0 saturated carbocycles. The van der Waals surface area contributed by atoms with Crippen molar-refractivity contribution in [3.8, 4) is 0 Å². The molecular weight excluding hydrogens is 208 g/mol. The van der Waals surface area contributed by atoms with Crippen LogP contribution in [0.2, 0.25) is 0 Å². The third-order valence-electron chi connectivity index (χ3n) is 3.29. The molecule has 0 aliphatic heterocycles. The maximum absolute atomic E-state index is 6.14. The first kappa shape index (κ1) is 14.2. The van der Waals surface area contributed by atoms with Crippen LogP contribution in [0.5, 0.6) is 0 Å². The molecule has 1 aromatic rings. The molecule has 0 bridgehead atoms. The van der Waals surface area contributed by atoms with Gasteiger partial charge in [0.05, 0.1) is 0 Å². The van der Waals surface area contributed by atoms with Crippen LogP contribution in [0.1, 0.15) is 44.7 Å². The molecule has 3 N–H and O–H groups in total. The van der Waals surface area contributed by atoms with Crippen LogP contribution in [0, 0.1) is 5.92 Å². The second-order valence-electron chi connectivity index (χ2n) is 4.88. The molecule has 0 spiro atoms. The molecule has 0 aliphatic rings. The summed E-state index contributed by atoms with van der Waals surface area (Å²) in [6.07, 6.45) is 3.44. The zero-order valence-corrected chi connectivity index (χ0v) is 11.2. The first-order chi connectivity index (χ1) is 8.24. The molecule has 1 rings (SSSR count). The van der Waals surface area contributed by atoms with Crippen molar-refractivity contribution < 1.29 is 0 Å². The van der Waals surface area contributed by atoms with Crippen LogP contribution in [0.4, 0.5) is 0 Å². The molecular formula is C15H26N2. The van der Waals surface area contributed by atoms with E-state index in [-0.39, 0.29) is 6.04 Å². The predicted octanol–water partition coefficient (Wildman–Crippen LogP) is 3.10. The number of nitrogens with one attached hydrogen (secondary N) is 1. The minimum Gasteiger partial charge on any atom is -0.324 e. The van der Waals surface area contributed by atoms with Crippen LogP contribution in [0.3, 0.4) is 0 Å². The summed E-state index contributed by atoms with van der Waals surface area (Å²) < 4.78 is 0. The lowest BCUT2D eigenvalue weighted by Crippen LogP contribution is -2.23. The Morgan fingerprint density at radius 2 is 1.94 bits per heavy atom. The molecule has 0 aromatic heterocycles. The Morgan fingerprint density at radius 3 is 2.59 bits per heavy atom. The average molecular weight is 234 g/mol. The van der Waals surface area contributed by atoms with Crippen molar-refractivity contribution in [2.45, 2.75) is 39.2 Å². The van der Waals surface area contributed by atoms with Crippen LogP contribution < -0.4 is 11.1 Å². The van der Waals surface area contributed by atoms with E-state index >= 15 is 0 Å². The Hall–Kier alpha value is -0.860. The summed E-state index contributed by atoms with van der Waals surface area (Å²) in [5.41, 5.74) is 7.38. The van der Waals surface area contributed by atoms with Gasteiger partial charge in [-0.05, 0) is 37.4 Å². The second kappa shape index (κ2) is 8.26. The number of rotatable bonds is 8. The van der Waals surface area contributed by atoms with Crippen molar-refractivity contribution >= 4 is 0 Å². The van der Waals surface area contributed by atoms with Crippen LogP contribution in [0.25, 0.3) is 0 Å². The first-order valence-corrected chi connectivity index (χ1v) is 6.75. The SMILES string of the molecule is CCC(C)CNCCCC(N)c1ccccc1. The van der Waals surface area contributed by atoms with Gasteiger partial charge in [0.25, 0.3) is 0 Å². The Kier molecular flexibility index (Phi) is 6.90. The molecule has 2 nitrogen and oxygen atoms in total. The highest BCUT2D eigenvalue weighted by Crippen LogP contribution is 2.14. The first-order valence-electron chi connectivity index (χ1n) is 6.75. The smallest absolute Gasteiger partial charge is 0.0295 e. The summed E-state index contributed by atoms with van der Waals surface area (Å²) in [6, 6.07) is 10.5. The topological polar surface area (TPSA) is 38.0 Å². The molecule has 2 heteroatoms. The molecule has 0 saturated heterocycles. The van der Waals surface area contributed by atoms with Gasteiger partial charge in [0.1, 0.15) is 0 Å². The average Bonchev–Trinajstić information content (AvgIpc) is 2.38. The number of hydrogen-bond donors (Lipinski definition) is 2. The Morgan fingerprint density at radius 1 is 1.24 bits per heavy atom. The van der Waals surface area contributed by atoms with Crippen molar-refractivity contribution in [2.24, 2.45) is 11.7 Å². The van der Waals surface area contributed by atoms with Crippen LogP contribution in [-0.2, 0) is 0 Å². The highest BCUT2D eigenvalue weighted by Gasteiger charge is 2.04. The van der Waals surface area contributed by atoms with Gasteiger partial charge in [-0.15, -0.1) is 0 Å². The number of benzene rings is 1. The molecule has 0 fully saturated rings. The normalized spacial score (nSPS) is 14.5. The largest absolute Gasteiger partial charge is 0.324 e. The highest BCUT2D eigenvalue weighted by molar-refractivity contribution is 5.18. The Balaban J connectivity index is 2.11. The standard InChI is InChI=1S/C15H26N2/c1-3-13(2)12-17-11-7-10-15(16)14-8-5-4-6-9-14/h4-6,8-9,13,15,17H,3,7,10-12,16H2,1-2H3. The monoisotopic (exact) mass is 234 g/mol. The van der Waals surface area contributed by atoms with Gasteiger partial charge in [-0.2, -0.15) is 0 Å². The van der Waals surface area contributed by atoms with Gasteiger partial charge in [-0.1, -0.05) is 50.6 Å². The maximum atomic E-state index is 6.14. The van der Waals surface area contributed by atoms with E-state index in [1.54, 1.807) is 0 Å². The van der Waals surface area contributed by atoms with Crippen LogP contribution in [0.15, 0.2) is 30.3 Å². The van der Waals surface area contributed by atoms with Crippen molar-refractivity contribution in [1.82, 2.24) is 5.32 Å². The summed E-state index contributed by atoms with van der Waals surface area (Å²) in [4.78, 5) is 0. The van der Waals surface area contributed by atoms with Crippen LogP contribution in [-0.4, -0.2) is 13.1 Å². The molecule has 17 heavy (non-hydrogen) atoms. The molecule has 96 valence electrons. The number of nitrogens with two attached hydrogens (primary N) is 1. The van der Waals surface area contributed by atoms with E-state index < -0.39 is 0 Å². The minimum atomic E-state index is 0.182. The van der Waals surface area contributed by atoms with E-state index in [0.29, 0.717) is 0 Å².